The number of aliphatic carboxylic acids is 1. The lowest BCUT2D eigenvalue weighted by molar-refractivity contribution is -0.145. The van der Waals surface area contributed by atoms with Crippen molar-refractivity contribution < 1.29 is 24.2 Å². The Hall–Kier alpha value is -2.10. The van der Waals surface area contributed by atoms with Crippen molar-refractivity contribution in [1.29, 1.82) is 5.26 Å². The van der Waals surface area contributed by atoms with Crippen LogP contribution < -0.4 is 5.32 Å². The molecular weight excluding hydrogens is 252 g/mol. The van der Waals surface area contributed by atoms with E-state index in [1.165, 1.54) is 0 Å². The van der Waals surface area contributed by atoms with Gasteiger partial charge >= 0.3 is 11.9 Å². The molecule has 19 heavy (non-hydrogen) atoms. The van der Waals surface area contributed by atoms with E-state index in [4.69, 9.17) is 10.4 Å². The van der Waals surface area contributed by atoms with Crippen molar-refractivity contribution in [3.63, 3.8) is 0 Å². The molecule has 0 rings (SSSR count). The van der Waals surface area contributed by atoms with Crippen molar-refractivity contribution in [2.45, 2.75) is 39.2 Å². The molecule has 0 aliphatic carbocycles. The maximum absolute atomic E-state index is 11.5. The lowest BCUT2D eigenvalue weighted by Gasteiger charge is -2.15. The number of hydrogen-bond acceptors (Lipinski definition) is 5. The van der Waals surface area contributed by atoms with Crippen molar-refractivity contribution in [3.8, 4) is 6.07 Å². The predicted molar refractivity (Wildman–Crippen MR) is 64.8 cm³/mol. The number of rotatable bonds is 8. The van der Waals surface area contributed by atoms with Crippen molar-refractivity contribution >= 4 is 17.8 Å². The van der Waals surface area contributed by atoms with Gasteiger partial charge in [-0.2, -0.15) is 5.26 Å². The summed E-state index contributed by atoms with van der Waals surface area (Å²) in [6.45, 7) is 3.46. The number of hydrogen-bond donors (Lipinski definition) is 2. The SMILES string of the molecule is CCOC(=O)CCC(=O)N[C@@H](C[C@@H](C)C#N)C(=O)O. The van der Waals surface area contributed by atoms with Crippen LogP contribution in [0.3, 0.4) is 0 Å². The standard InChI is InChI=1S/C12H18N2O5/c1-3-19-11(16)5-4-10(15)14-9(12(17)18)6-8(2)7-13/h8-9H,3-6H2,1-2H3,(H,14,15)(H,17,18)/t8-,9+/m1/s1. The molecule has 0 bridgehead atoms. The minimum atomic E-state index is -1.20. The molecule has 0 saturated heterocycles. The highest BCUT2D eigenvalue weighted by Gasteiger charge is 2.22. The van der Waals surface area contributed by atoms with Crippen LogP contribution in [0.25, 0.3) is 0 Å². The van der Waals surface area contributed by atoms with Crippen LogP contribution in [0.1, 0.15) is 33.1 Å². The third-order valence-corrected chi connectivity index (χ3v) is 2.30. The molecule has 0 spiro atoms. The second-order valence-corrected chi connectivity index (χ2v) is 4.03. The molecule has 1 amide bonds. The molecule has 0 aromatic heterocycles. The number of carboxylic acid groups (broad SMARTS) is 1. The van der Waals surface area contributed by atoms with Gasteiger partial charge in [0, 0.05) is 12.3 Å². The third-order valence-electron chi connectivity index (χ3n) is 2.30. The molecular formula is C12H18N2O5. The lowest BCUT2D eigenvalue weighted by atomic mass is 10.0. The summed E-state index contributed by atoms with van der Waals surface area (Å²) in [6.07, 6.45) is -0.208. The van der Waals surface area contributed by atoms with Crippen LogP contribution in [0.5, 0.6) is 0 Å². The molecule has 2 atom stereocenters. The van der Waals surface area contributed by atoms with E-state index in [0.717, 1.165) is 0 Å². The first-order chi connectivity index (χ1) is 8.90. The van der Waals surface area contributed by atoms with Crippen molar-refractivity contribution in [3.05, 3.63) is 0 Å². The monoisotopic (exact) mass is 270 g/mol. The van der Waals surface area contributed by atoms with E-state index in [1.807, 2.05) is 6.07 Å². The third kappa shape index (κ3) is 7.76. The zero-order valence-corrected chi connectivity index (χ0v) is 11.0. The normalized spacial score (nSPS) is 12.9. The van der Waals surface area contributed by atoms with Gasteiger partial charge in [0.05, 0.1) is 19.1 Å². The van der Waals surface area contributed by atoms with Gasteiger partial charge in [0.15, 0.2) is 0 Å². The summed E-state index contributed by atoms with van der Waals surface area (Å²) in [5.74, 6) is -2.74. The highest BCUT2D eigenvalue weighted by molar-refractivity contribution is 5.85. The molecule has 0 fully saturated rings. The smallest absolute Gasteiger partial charge is 0.326 e. The van der Waals surface area contributed by atoms with E-state index < -0.39 is 29.8 Å². The van der Waals surface area contributed by atoms with Gasteiger partial charge in [-0.05, 0) is 20.3 Å². The quantitative estimate of drug-likeness (QED) is 0.618. The van der Waals surface area contributed by atoms with Gasteiger partial charge in [0.1, 0.15) is 6.04 Å². The van der Waals surface area contributed by atoms with Gasteiger partial charge in [-0.25, -0.2) is 4.79 Å². The van der Waals surface area contributed by atoms with Gasteiger partial charge in [0.25, 0.3) is 0 Å². The number of carbonyl (C=O) groups excluding carboxylic acids is 2. The fourth-order valence-electron chi connectivity index (χ4n) is 1.34. The number of esters is 1. The molecule has 106 valence electrons. The van der Waals surface area contributed by atoms with Crippen LogP contribution in [-0.4, -0.2) is 35.6 Å². The Labute approximate surface area is 111 Å². The van der Waals surface area contributed by atoms with Crippen LogP contribution in [-0.2, 0) is 19.1 Å². The van der Waals surface area contributed by atoms with Gasteiger partial charge in [-0.15, -0.1) is 0 Å². The number of carboxylic acids is 1. The molecule has 0 radical (unpaired) electrons. The fourth-order valence-corrected chi connectivity index (χ4v) is 1.34. The average Bonchev–Trinajstić information content (AvgIpc) is 2.35. The highest BCUT2D eigenvalue weighted by atomic mass is 16.5. The predicted octanol–water partition coefficient (Wildman–Crippen LogP) is 0.449. The molecule has 0 aromatic carbocycles. The van der Waals surface area contributed by atoms with Gasteiger partial charge in [-0.1, -0.05) is 0 Å². The first kappa shape index (κ1) is 16.9. The zero-order chi connectivity index (χ0) is 14.8. The maximum Gasteiger partial charge on any atom is 0.326 e. The van der Waals surface area contributed by atoms with Crippen LogP contribution in [0.2, 0.25) is 0 Å². The minimum Gasteiger partial charge on any atom is -0.480 e. The zero-order valence-electron chi connectivity index (χ0n) is 11.0. The molecule has 0 unspecified atom stereocenters. The summed E-state index contributed by atoms with van der Waals surface area (Å²) in [7, 11) is 0. The minimum absolute atomic E-state index is 0.0248. The van der Waals surface area contributed by atoms with Crippen LogP contribution in [0.4, 0.5) is 0 Å². The molecule has 0 aliphatic rings. The van der Waals surface area contributed by atoms with E-state index in [1.54, 1.807) is 13.8 Å². The van der Waals surface area contributed by atoms with Crippen molar-refractivity contribution in [2.75, 3.05) is 6.61 Å². The van der Waals surface area contributed by atoms with E-state index in [0.29, 0.717) is 0 Å². The Morgan fingerprint density at radius 1 is 1.37 bits per heavy atom. The van der Waals surface area contributed by atoms with E-state index >= 15 is 0 Å². The molecule has 0 aliphatic heterocycles. The van der Waals surface area contributed by atoms with E-state index in [-0.39, 0.29) is 25.9 Å². The fraction of sp³-hybridized carbons (Fsp3) is 0.667. The van der Waals surface area contributed by atoms with Crippen LogP contribution in [0, 0.1) is 17.2 Å². The molecule has 7 nitrogen and oxygen atoms in total. The second-order valence-electron chi connectivity index (χ2n) is 4.03. The van der Waals surface area contributed by atoms with Crippen molar-refractivity contribution in [2.24, 2.45) is 5.92 Å². The Kier molecular flexibility index (Phi) is 7.93. The number of nitrogens with zero attached hydrogens (tertiary/aromatic N) is 1. The average molecular weight is 270 g/mol. The summed E-state index contributed by atoms with van der Waals surface area (Å²) < 4.78 is 4.65. The number of nitriles is 1. The summed E-state index contributed by atoms with van der Waals surface area (Å²) in [6, 6.07) is 0.781. The van der Waals surface area contributed by atoms with Gasteiger partial charge < -0.3 is 15.2 Å². The molecule has 0 aromatic rings. The van der Waals surface area contributed by atoms with Crippen LogP contribution in [0.15, 0.2) is 0 Å². The summed E-state index contributed by atoms with van der Waals surface area (Å²) in [4.78, 5) is 33.4. The Bertz CT molecular complexity index is 375. The molecule has 0 heterocycles. The summed E-state index contributed by atoms with van der Waals surface area (Å²) in [5.41, 5.74) is 0. The molecule has 0 saturated carbocycles. The van der Waals surface area contributed by atoms with Crippen LogP contribution >= 0.6 is 0 Å². The first-order valence-corrected chi connectivity index (χ1v) is 5.98. The second kappa shape index (κ2) is 8.91. The number of carbonyl (C=O) groups is 3. The summed E-state index contributed by atoms with van der Waals surface area (Å²) >= 11 is 0. The van der Waals surface area contributed by atoms with Gasteiger partial charge in [0.2, 0.25) is 5.91 Å². The molecule has 7 heteroatoms. The Morgan fingerprint density at radius 2 is 2.00 bits per heavy atom. The Morgan fingerprint density at radius 3 is 2.47 bits per heavy atom. The summed E-state index contributed by atoms with van der Waals surface area (Å²) in [5, 5.41) is 19.8. The topological polar surface area (TPSA) is 116 Å². The highest BCUT2D eigenvalue weighted by Crippen LogP contribution is 2.05. The Balaban J connectivity index is 4.22. The lowest BCUT2D eigenvalue weighted by Crippen LogP contribution is -2.41. The number of nitrogens with one attached hydrogen (secondary N) is 1. The number of amides is 1. The van der Waals surface area contributed by atoms with Gasteiger partial charge in [-0.3, -0.25) is 9.59 Å². The number of ether oxygens (including phenoxy) is 1. The van der Waals surface area contributed by atoms with E-state index in [2.05, 4.69) is 10.1 Å². The largest absolute Gasteiger partial charge is 0.480 e. The molecule has 2 N–H and O–H groups in total. The van der Waals surface area contributed by atoms with E-state index in [9.17, 15) is 14.4 Å². The van der Waals surface area contributed by atoms with Crippen molar-refractivity contribution in [1.82, 2.24) is 5.32 Å². The first-order valence-electron chi connectivity index (χ1n) is 5.98. The maximum atomic E-state index is 11.5.